The molecule has 232 valence electrons. The molecule has 8 N–H and O–H groups in total. The van der Waals surface area contributed by atoms with Crippen molar-refractivity contribution in [3.05, 3.63) is 52.1 Å². The maximum atomic E-state index is 13.3. The van der Waals surface area contributed by atoms with Gasteiger partial charge in [-0.3, -0.25) is 19.1 Å². The average Bonchev–Trinajstić information content (AvgIpc) is 2.95. The number of esters is 1. The second-order valence-electron chi connectivity index (χ2n) is 10.2. The zero-order valence-electron chi connectivity index (χ0n) is 22.4. The van der Waals surface area contributed by atoms with E-state index >= 15 is 0 Å². The lowest BCUT2D eigenvalue weighted by atomic mass is 9.82. The lowest BCUT2D eigenvalue weighted by Crippen LogP contribution is -2.64. The Balaban J connectivity index is 1.52. The third kappa shape index (κ3) is 5.33. The number of carbonyl (C=O) groups is 3. The van der Waals surface area contributed by atoms with Crippen LogP contribution in [0.25, 0.3) is 0 Å². The van der Waals surface area contributed by atoms with Gasteiger partial charge in [0.15, 0.2) is 30.3 Å². The molecule has 0 amide bonds. The van der Waals surface area contributed by atoms with Crippen LogP contribution in [0.3, 0.4) is 0 Å². The first-order chi connectivity index (χ1) is 20.2. The van der Waals surface area contributed by atoms with Crippen LogP contribution in [0.5, 0.6) is 17.2 Å². The normalized spacial score (nSPS) is 33.9. The number of aromatic hydroxyl groups is 2. The van der Waals surface area contributed by atoms with E-state index in [1.165, 1.54) is 19.1 Å². The van der Waals surface area contributed by atoms with Crippen LogP contribution in [0.15, 0.2) is 24.3 Å². The number of rotatable bonds is 5. The summed E-state index contributed by atoms with van der Waals surface area (Å²) in [7, 11) is 0. The molecule has 16 nitrogen and oxygen atoms in total. The van der Waals surface area contributed by atoms with E-state index in [0.717, 1.165) is 19.1 Å². The van der Waals surface area contributed by atoms with Gasteiger partial charge in [0, 0.05) is 29.2 Å². The maximum Gasteiger partial charge on any atom is 0.305 e. The molecule has 43 heavy (non-hydrogen) atoms. The van der Waals surface area contributed by atoms with Crippen LogP contribution in [0.2, 0.25) is 0 Å². The van der Waals surface area contributed by atoms with Crippen LogP contribution in [0.4, 0.5) is 0 Å². The number of phenols is 2. The minimum Gasteiger partial charge on any atom is -0.508 e. The van der Waals surface area contributed by atoms with Crippen LogP contribution in [-0.2, 0) is 23.7 Å². The molecule has 2 fully saturated rings. The molecule has 0 spiro atoms. The fraction of sp³-hybridized carbons (Fsp3) is 0.444. The monoisotopic (exact) mass is 608 g/mol. The molecule has 2 aromatic carbocycles. The Hall–Kier alpha value is -3.71. The first-order valence-electron chi connectivity index (χ1n) is 12.9. The standard InChI is InChI=1S/C27H28O16/c1-7-13(6-12-14(15(7)30)17(32)10-4-3-9(29)5-11(10)16(12)31)40-27-23(19(34)22(37)25(43-27)39-8(2)28)41-26-21(36)18(33)20(35)24(38)42-26/h3-6,18-27,29-30,33-38H,1-2H3/t18-,19-,20-,21+,22+,23+,24-,25+,26+,27+/m1/s1. The van der Waals surface area contributed by atoms with Gasteiger partial charge in [-0.15, -0.1) is 0 Å². The maximum absolute atomic E-state index is 13.3. The van der Waals surface area contributed by atoms with Crippen LogP contribution in [-0.4, -0.2) is 120 Å². The summed E-state index contributed by atoms with van der Waals surface area (Å²) in [5.74, 6) is -3.60. The third-order valence-corrected chi connectivity index (χ3v) is 7.33. The van der Waals surface area contributed by atoms with E-state index in [0.29, 0.717) is 0 Å². The second kappa shape index (κ2) is 11.4. The van der Waals surface area contributed by atoms with Crippen molar-refractivity contribution in [2.45, 2.75) is 75.6 Å². The molecular weight excluding hydrogens is 580 g/mol. The first kappa shape index (κ1) is 30.7. The number of ketones is 2. The molecule has 3 aliphatic rings. The van der Waals surface area contributed by atoms with Gasteiger partial charge in [0.25, 0.3) is 0 Å². The first-order valence-corrected chi connectivity index (χ1v) is 12.9. The van der Waals surface area contributed by atoms with E-state index in [9.17, 15) is 55.2 Å². The number of aliphatic hydroxyl groups excluding tert-OH is 6. The van der Waals surface area contributed by atoms with Gasteiger partial charge in [-0.05, 0) is 31.2 Å². The molecule has 2 heterocycles. The summed E-state index contributed by atoms with van der Waals surface area (Å²) in [6, 6.07) is 4.62. The minimum atomic E-state index is -2.03. The van der Waals surface area contributed by atoms with E-state index in [-0.39, 0.29) is 39.3 Å². The Labute approximate surface area is 241 Å². The Morgan fingerprint density at radius 1 is 0.767 bits per heavy atom. The summed E-state index contributed by atoms with van der Waals surface area (Å²) >= 11 is 0. The van der Waals surface area contributed by atoms with Crippen molar-refractivity contribution in [3.8, 4) is 17.2 Å². The van der Waals surface area contributed by atoms with Gasteiger partial charge >= 0.3 is 5.97 Å². The summed E-state index contributed by atoms with van der Waals surface area (Å²) in [6.07, 6.45) is -19.3. The zero-order valence-corrected chi connectivity index (χ0v) is 22.4. The minimum absolute atomic E-state index is 0.0513. The lowest BCUT2D eigenvalue weighted by molar-refractivity contribution is -0.389. The molecule has 2 saturated heterocycles. The number of aliphatic hydroxyl groups is 6. The molecule has 16 heteroatoms. The molecular formula is C27H28O16. The Kier molecular flexibility index (Phi) is 8.16. The number of benzene rings is 2. The van der Waals surface area contributed by atoms with Gasteiger partial charge in [0.1, 0.15) is 47.8 Å². The van der Waals surface area contributed by atoms with Gasteiger partial charge in [-0.2, -0.15) is 0 Å². The van der Waals surface area contributed by atoms with Gasteiger partial charge in [-0.1, -0.05) is 0 Å². The molecule has 0 unspecified atom stereocenters. The average molecular weight is 609 g/mol. The van der Waals surface area contributed by atoms with Gasteiger partial charge in [-0.25, -0.2) is 0 Å². The fourth-order valence-electron chi connectivity index (χ4n) is 5.00. The van der Waals surface area contributed by atoms with Gasteiger partial charge in [0.05, 0.1) is 5.56 Å². The molecule has 1 aliphatic carbocycles. The van der Waals surface area contributed by atoms with Crippen molar-refractivity contribution in [1.29, 1.82) is 0 Å². The van der Waals surface area contributed by atoms with Crippen LogP contribution < -0.4 is 4.74 Å². The third-order valence-electron chi connectivity index (χ3n) is 7.33. The van der Waals surface area contributed by atoms with Crippen molar-refractivity contribution in [2.24, 2.45) is 0 Å². The van der Waals surface area contributed by atoms with Crippen LogP contribution in [0.1, 0.15) is 44.3 Å². The van der Waals surface area contributed by atoms with E-state index in [1.807, 2.05) is 0 Å². The van der Waals surface area contributed by atoms with Crippen LogP contribution in [0, 0.1) is 6.92 Å². The number of ether oxygens (including phenoxy) is 5. The van der Waals surface area contributed by atoms with Gasteiger partial charge in [0.2, 0.25) is 12.6 Å². The topological polar surface area (TPSA) is 259 Å². The molecule has 0 radical (unpaired) electrons. The predicted octanol–water partition coefficient (Wildman–Crippen LogP) is -2.33. The van der Waals surface area contributed by atoms with Crippen molar-refractivity contribution in [2.75, 3.05) is 0 Å². The molecule has 10 atom stereocenters. The number of fused-ring (bicyclic) bond motifs is 2. The molecule has 5 rings (SSSR count). The quantitative estimate of drug-likeness (QED) is 0.141. The van der Waals surface area contributed by atoms with Crippen molar-refractivity contribution >= 4 is 17.5 Å². The Bertz CT molecular complexity index is 1460. The molecule has 0 bridgehead atoms. The van der Waals surface area contributed by atoms with Crippen molar-refractivity contribution in [1.82, 2.24) is 0 Å². The lowest BCUT2D eigenvalue weighted by Gasteiger charge is -2.45. The number of phenolic OH excluding ortho intramolecular Hbond substituents is 2. The molecule has 2 aliphatic heterocycles. The summed E-state index contributed by atoms with van der Waals surface area (Å²) in [5, 5.41) is 82.3. The number of hydrogen-bond acceptors (Lipinski definition) is 16. The van der Waals surface area contributed by atoms with Gasteiger partial charge < -0.3 is 59.8 Å². The van der Waals surface area contributed by atoms with Crippen molar-refractivity contribution in [3.63, 3.8) is 0 Å². The summed E-state index contributed by atoms with van der Waals surface area (Å²) in [4.78, 5) is 38.1. The fourth-order valence-corrected chi connectivity index (χ4v) is 5.00. The predicted molar refractivity (Wildman–Crippen MR) is 135 cm³/mol. The van der Waals surface area contributed by atoms with Crippen molar-refractivity contribution < 1.29 is 78.9 Å². The Morgan fingerprint density at radius 3 is 2.12 bits per heavy atom. The van der Waals surface area contributed by atoms with Crippen LogP contribution >= 0.6 is 0 Å². The summed E-state index contributed by atoms with van der Waals surface area (Å²) in [6.45, 7) is 2.32. The molecule has 0 aromatic heterocycles. The number of hydrogen-bond donors (Lipinski definition) is 8. The summed E-state index contributed by atoms with van der Waals surface area (Å²) in [5.41, 5.74) is -0.920. The zero-order chi connectivity index (χ0) is 31.5. The van der Waals surface area contributed by atoms with E-state index < -0.39 is 85.1 Å². The SMILES string of the molecule is CC(=O)O[C@H]1O[C@H](Oc2cc3c(c(O)c2C)C(=O)c2ccc(O)cc2C3=O)[C@@H](O[C@H]2O[C@@H](O)[C@H](O)[C@@H](O)[C@@H]2O)[C@H](O)[C@@H]1O. The highest BCUT2D eigenvalue weighted by molar-refractivity contribution is 6.29. The van der Waals surface area contributed by atoms with E-state index in [2.05, 4.69) is 0 Å². The smallest absolute Gasteiger partial charge is 0.305 e. The highest BCUT2D eigenvalue weighted by Crippen LogP contribution is 2.41. The Morgan fingerprint density at radius 2 is 1.44 bits per heavy atom. The highest BCUT2D eigenvalue weighted by Gasteiger charge is 2.52. The van der Waals surface area contributed by atoms with E-state index in [4.69, 9.17) is 23.7 Å². The number of carbonyl (C=O) groups excluding carboxylic acids is 3. The largest absolute Gasteiger partial charge is 0.508 e. The summed E-state index contributed by atoms with van der Waals surface area (Å²) < 4.78 is 26.8. The van der Waals surface area contributed by atoms with E-state index in [1.54, 1.807) is 0 Å². The highest BCUT2D eigenvalue weighted by atomic mass is 16.8. The molecule has 2 aromatic rings. The second-order valence-corrected chi connectivity index (χ2v) is 10.2. The molecule has 0 saturated carbocycles.